The number of phenols is 1. The molecule has 36 heavy (non-hydrogen) atoms. The minimum atomic E-state index is -0.786. The van der Waals surface area contributed by atoms with E-state index in [9.17, 15) is 24.3 Å². The molecule has 0 radical (unpaired) electrons. The second-order valence-electron chi connectivity index (χ2n) is 7.85. The Hall–Kier alpha value is -4.12. The third kappa shape index (κ3) is 8.91. The standard InChI is InChI=1S/C25H31N3O8/c1-16(30)27-19(14-17-8-10-18(11-9-17)28-22(32)15-29)24(33)26-12-3-4-13-36-21-7-5-6-20(31)23(21)25(34)35-2/h5-11,19,29,31H,3-4,12-15H2,1-2H3,(H,26,33)(H,27,30)(H,28,32)/t19-/m0/s1. The number of amides is 3. The second kappa shape index (κ2) is 14.3. The van der Waals surface area contributed by atoms with Crippen LogP contribution in [0.1, 0.15) is 35.7 Å². The van der Waals surface area contributed by atoms with Gasteiger partial charge < -0.3 is 35.6 Å². The maximum absolute atomic E-state index is 12.7. The maximum atomic E-state index is 12.7. The first-order chi connectivity index (χ1) is 17.2. The van der Waals surface area contributed by atoms with Crippen LogP contribution in [-0.4, -0.2) is 66.8 Å². The van der Waals surface area contributed by atoms with Crippen molar-refractivity contribution in [2.24, 2.45) is 0 Å². The van der Waals surface area contributed by atoms with Crippen LogP contribution in [-0.2, 0) is 25.5 Å². The lowest BCUT2D eigenvalue weighted by Crippen LogP contribution is -2.47. The van der Waals surface area contributed by atoms with E-state index < -0.39 is 24.5 Å². The van der Waals surface area contributed by atoms with E-state index in [0.29, 0.717) is 25.1 Å². The van der Waals surface area contributed by atoms with E-state index in [1.807, 2.05) is 0 Å². The molecule has 11 heteroatoms. The number of rotatable bonds is 13. The van der Waals surface area contributed by atoms with Crippen molar-refractivity contribution in [3.8, 4) is 11.5 Å². The van der Waals surface area contributed by atoms with Crippen molar-refractivity contribution in [2.45, 2.75) is 32.2 Å². The minimum absolute atomic E-state index is 0.0461. The van der Waals surface area contributed by atoms with Crippen LogP contribution in [0.25, 0.3) is 0 Å². The van der Waals surface area contributed by atoms with Crippen molar-refractivity contribution >= 4 is 29.4 Å². The first-order valence-corrected chi connectivity index (χ1v) is 11.3. The van der Waals surface area contributed by atoms with Crippen LogP contribution in [0.2, 0.25) is 0 Å². The van der Waals surface area contributed by atoms with Crippen molar-refractivity contribution in [1.29, 1.82) is 0 Å². The molecule has 0 saturated carbocycles. The fourth-order valence-electron chi connectivity index (χ4n) is 3.31. The number of hydrogen-bond donors (Lipinski definition) is 5. The predicted octanol–water partition coefficient (Wildman–Crippen LogP) is 1.13. The molecular weight excluding hydrogens is 470 g/mol. The van der Waals surface area contributed by atoms with Crippen LogP contribution >= 0.6 is 0 Å². The lowest BCUT2D eigenvalue weighted by molar-refractivity contribution is -0.128. The molecule has 0 heterocycles. The van der Waals surface area contributed by atoms with Crippen LogP contribution in [0.5, 0.6) is 11.5 Å². The number of esters is 1. The van der Waals surface area contributed by atoms with Gasteiger partial charge in [-0.1, -0.05) is 18.2 Å². The summed E-state index contributed by atoms with van der Waals surface area (Å²) < 4.78 is 10.3. The smallest absolute Gasteiger partial charge is 0.345 e. The van der Waals surface area contributed by atoms with Gasteiger partial charge in [0.15, 0.2) is 0 Å². The van der Waals surface area contributed by atoms with E-state index in [-0.39, 0.29) is 41.9 Å². The summed E-state index contributed by atoms with van der Waals surface area (Å²) in [5.74, 6) is -1.95. The lowest BCUT2D eigenvalue weighted by atomic mass is 10.0. The molecule has 2 aromatic carbocycles. The Morgan fingerprint density at radius 2 is 1.75 bits per heavy atom. The molecule has 0 aromatic heterocycles. The number of nitrogens with one attached hydrogen (secondary N) is 3. The van der Waals surface area contributed by atoms with E-state index >= 15 is 0 Å². The minimum Gasteiger partial charge on any atom is -0.507 e. The maximum Gasteiger partial charge on any atom is 0.345 e. The number of methoxy groups -OCH3 is 1. The lowest BCUT2D eigenvalue weighted by Gasteiger charge is -2.18. The largest absolute Gasteiger partial charge is 0.507 e. The highest BCUT2D eigenvalue weighted by molar-refractivity contribution is 5.95. The zero-order valence-electron chi connectivity index (χ0n) is 20.2. The Morgan fingerprint density at radius 3 is 2.39 bits per heavy atom. The Labute approximate surface area is 208 Å². The number of ether oxygens (including phenoxy) is 2. The average Bonchev–Trinajstić information content (AvgIpc) is 2.85. The van der Waals surface area contributed by atoms with E-state index in [2.05, 4.69) is 20.7 Å². The molecule has 3 amide bonds. The summed E-state index contributed by atoms with van der Waals surface area (Å²) in [6, 6.07) is 10.4. The topological polar surface area (TPSA) is 163 Å². The van der Waals surface area contributed by atoms with E-state index in [1.165, 1.54) is 20.1 Å². The zero-order valence-corrected chi connectivity index (χ0v) is 20.2. The molecule has 0 unspecified atom stereocenters. The summed E-state index contributed by atoms with van der Waals surface area (Å²) in [6.45, 7) is 1.30. The summed E-state index contributed by atoms with van der Waals surface area (Å²) in [4.78, 5) is 47.4. The molecule has 0 bridgehead atoms. The van der Waals surface area contributed by atoms with Crippen LogP contribution in [0.3, 0.4) is 0 Å². The SMILES string of the molecule is COC(=O)c1c(O)cccc1OCCCCNC(=O)[C@H](Cc1ccc(NC(=O)CO)cc1)NC(C)=O. The van der Waals surface area contributed by atoms with Gasteiger partial charge in [0.05, 0.1) is 13.7 Å². The van der Waals surface area contributed by atoms with Gasteiger partial charge in [0.2, 0.25) is 17.7 Å². The third-order valence-corrected chi connectivity index (χ3v) is 5.04. The summed E-state index contributed by atoms with van der Waals surface area (Å²) >= 11 is 0. The first-order valence-electron chi connectivity index (χ1n) is 11.3. The van der Waals surface area contributed by atoms with Crippen LogP contribution < -0.4 is 20.7 Å². The van der Waals surface area contributed by atoms with Gasteiger partial charge in [-0.2, -0.15) is 0 Å². The quantitative estimate of drug-likeness (QED) is 0.201. The number of aliphatic hydroxyl groups excluding tert-OH is 1. The molecule has 2 rings (SSSR count). The molecule has 0 spiro atoms. The Kier molecular flexibility index (Phi) is 11.2. The van der Waals surface area contributed by atoms with Gasteiger partial charge in [-0.05, 0) is 42.7 Å². The number of phenolic OH excluding ortho intramolecular Hbond substituents is 1. The van der Waals surface area contributed by atoms with Crippen LogP contribution in [0.4, 0.5) is 5.69 Å². The van der Waals surface area contributed by atoms with E-state index in [1.54, 1.807) is 36.4 Å². The van der Waals surface area contributed by atoms with Gasteiger partial charge in [-0.25, -0.2) is 4.79 Å². The van der Waals surface area contributed by atoms with Crippen LogP contribution in [0, 0.1) is 0 Å². The molecular formula is C25H31N3O8. The summed E-state index contributed by atoms with van der Waals surface area (Å²) in [6.07, 6.45) is 1.38. The monoisotopic (exact) mass is 501 g/mol. The molecule has 2 aromatic rings. The van der Waals surface area contributed by atoms with Crippen molar-refractivity contribution in [1.82, 2.24) is 10.6 Å². The highest BCUT2D eigenvalue weighted by Gasteiger charge is 2.20. The molecule has 0 aliphatic carbocycles. The number of carbonyl (C=O) groups is 4. The number of aliphatic hydroxyl groups is 1. The highest BCUT2D eigenvalue weighted by atomic mass is 16.5. The normalized spacial score (nSPS) is 11.2. The van der Waals surface area contributed by atoms with Gasteiger partial charge in [-0.15, -0.1) is 0 Å². The average molecular weight is 502 g/mol. The Bertz CT molecular complexity index is 1060. The van der Waals surface area contributed by atoms with Gasteiger partial charge in [0, 0.05) is 25.6 Å². The Morgan fingerprint density at radius 1 is 1.03 bits per heavy atom. The van der Waals surface area contributed by atoms with Crippen molar-refractivity contribution < 1.29 is 38.9 Å². The number of anilines is 1. The van der Waals surface area contributed by atoms with Gasteiger partial charge in [0.1, 0.15) is 29.7 Å². The fraction of sp³-hybridized carbons (Fsp3) is 0.360. The zero-order chi connectivity index (χ0) is 26.5. The van der Waals surface area contributed by atoms with E-state index in [4.69, 9.17) is 9.84 Å². The molecule has 194 valence electrons. The highest BCUT2D eigenvalue weighted by Crippen LogP contribution is 2.28. The molecule has 5 N–H and O–H groups in total. The van der Waals surface area contributed by atoms with Crippen molar-refractivity contribution in [2.75, 3.05) is 32.2 Å². The third-order valence-electron chi connectivity index (χ3n) is 5.04. The first kappa shape index (κ1) is 28.1. The van der Waals surface area contributed by atoms with Crippen LogP contribution in [0.15, 0.2) is 42.5 Å². The molecule has 0 saturated heterocycles. The molecule has 0 fully saturated rings. The number of unbranched alkanes of at least 4 members (excludes halogenated alkanes) is 1. The summed E-state index contributed by atoms with van der Waals surface area (Å²) in [5.41, 5.74) is 1.23. The van der Waals surface area contributed by atoms with Crippen molar-refractivity contribution in [3.63, 3.8) is 0 Å². The molecule has 0 aliphatic rings. The number of hydrogen-bond acceptors (Lipinski definition) is 8. The van der Waals surface area contributed by atoms with Gasteiger partial charge in [-0.3, -0.25) is 14.4 Å². The fourth-order valence-corrected chi connectivity index (χ4v) is 3.31. The molecule has 11 nitrogen and oxygen atoms in total. The molecule has 1 atom stereocenters. The Balaban J connectivity index is 1.83. The molecule has 0 aliphatic heterocycles. The summed E-state index contributed by atoms with van der Waals surface area (Å²) in [7, 11) is 1.21. The van der Waals surface area contributed by atoms with Gasteiger partial charge >= 0.3 is 5.97 Å². The van der Waals surface area contributed by atoms with Crippen molar-refractivity contribution in [3.05, 3.63) is 53.6 Å². The number of benzene rings is 2. The second-order valence-corrected chi connectivity index (χ2v) is 7.85. The number of aromatic hydroxyl groups is 1. The number of carbonyl (C=O) groups excluding carboxylic acids is 4. The van der Waals surface area contributed by atoms with E-state index in [0.717, 1.165) is 5.56 Å². The van der Waals surface area contributed by atoms with Gasteiger partial charge in [0.25, 0.3) is 0 Å². The summed E-state index contributed by atoms with van der Waals surface area (Å²) in [5, 5.41) is 26.6. The predicted molar refractivity (Wildman–Crippen MR) is 131 cm³/mol.